The molecule has 0 saturated carbocycles. The number of piperazine rings is 1. The predicted molar refractivity (Wildman–Crippen MR) is 61.2 cm³/mol. The van der Waals surface area contributed by atoms with Crippen molar-refractivity contribution < 1.29 is 9.47 Å². The molecule has 90 valence electrons. The SMILES string of the molecule is COCCN1CCN(CCOC)[C@@H](C)C1. The summed E-state index contributed by atoms with van der Waals surface area (Å²) < 4.78 is 10.2. The maximum atomic E-state index is 5.11. The van der Waals surface area contributed by atoms with E-state index in [1.54, 1.807) is 14.2 Å². The van der Waals surface area contributed by atoms with Crippen LogP contribution >= 0.6 is 0 Å². The molecular weight excluding hydrogens is 192 g/mol. The standard InChI is InChI=1S/C11H24N2O2/c1-11-10-12(6-8-14-2)4-5-13(11)7-9-15-3/h11H,4-10H2,1-3H3/t11-/m0/s1. The molecule has 0 radical (unpaired) electrons. The van der Waals surface area contributed by atoms with Gasteiger partial charge in [-0.25, -0.2) is 0 Å². The molecule has 0 N–H and O–H groups in total. The van der Waals surface area contributed by atoms with Gasteiger partial charge < -0.3 is 9.47 Å². The number of hydrogen-bond acceptors (Lipinski definition) is 4. The molecule has 0 aromatic heterocycles. The minimum absolute atomic E-state index is 0.630. The minimum atomic E-state index is 0.630. The van der Waals surface area contributed by atoms with Crippen LogP contribution in [0.5, 0.6) is 0 Å². The third-order valence-electron chi connectivity index (χ3n) is 3.04. The molecule has 0 aliphatic carbocycles. The quantitative estimate of drug-likeness (QED) is 0.637. The second kappa shape index (κ2) is 7.17. The van der Waals surface area contributed by atoms with Crippen LogP contribution in [0.1, 0.15) is 6.92 Å². The molecule has 0 unspecified atom stereocenters. The fourth-order valence-corrected chi connectivity index (χ4v) is 2.03. The average molecular weight is 216 g/mol. The zero-order valence-electron chi connectivity index (χ0n) is 10.2. The van der Waals surface area contributed by atoms with Crippen molar-refractivity contribution in [1.29, 1.82) is 0 Å². The highest BCUT2D eigenvalue weighted by atomic mass is 16.5. The third kappa shape index (κ3) is 4.47. The first-order valence-electron chi connectivity index (χ1n) is 5.72. The van der Waals surface area contributed by atoms with Gasteiger partial charge in [0, 0.05) is 53.0 Å². The first-order chi connectivity index (χ1) is 7.27. The van der Waals surface area contributed by atoms with Crippen LogP contribution in [0.4, 0.5) is 0 Å². The summed E-state index contributed by atoms with van der Waals surface area (Å²) in [5.41, 5.74) is 0. The fourth-order valence-electron chi connectivity index (χ4n) is 2.03. The van der Waals surface area contributed by atoms with E-state index < -0.39 is 0 Å². The molecule has 1 fully saturated rings. The van der Waals surface area contributed by atoms with Crippen molar-refractivity contribution in [2.45, 2.75) is 13.0 Å². The third-order valence-corrected chi connectivity index (χ3v) is 3.04. The van der Waals surface area contributed by atoms with Crippen molar-refractivity contribution in [1.82, 2.24) is 9.80 Å². The van der Waals surface area contributed by atoms with Gasteiger partial charge in [-0.05, 0) is 6.92 Å². The average Bonchev–Trinajstić information content (AvgIpc) is 2.25. The summed E-state index contributed by atoms with van der Waals surface area (Å²) in [6.45, 7) is 9.51. The van der Waals surface area contributed by atoms with Crippen molar-refractivity contribution in [3.63, 3.8) is 0 Å². The van der Waals surface area contributed by atoms with E-state index >= 15 is 0 Å². The minimum Gasteiger partial charge on any atom is -0.383 e. The number of ether oxygens (including phenoxy) is 2. The molecule has 4 heteroatoms. The van der Waals surface area contributed by atoms with Crippen LogP contribution in [0, 0.1) is 0 Å². The van der Waals surface area contributed by atoms with Crippen LogP contribution < -0.4 is 0 Å². The van der Waals surface area contributed by atoms with Gasteiger partial charge in [0.05, 0.1) is 13.2 Å². The molecule has 1 saturated heterocycles. The van der Waals surface area contributed by atoms with E-state index in [1.165, 1.54) is 0 Å². The summed E-state index contributed by atoms with van der Waals surface area (Å²) >= 11 is 0. The fraction of sp³-hybridized carbons (Fsp3) is 1.00. The largest absolute Gasteiger partial charge is 0.383 e. The van der Waals surface area contributed by atoms with Crippen LogP contribution in [-0.2, 0) is 9.47 Å². The molecule has 0 amide bonds. The highest BCUT2D eigenvalue weighted by molar-refractivity contribution is 4.78. The summed E-state index contributed by atoms with van der Waals surface area (Å²) in [5.74, 6) is 0. The summed E-state index contributed by atoms with van der Waals surface area (Å²) in [7, 11) is 3.53. The van der Waals surface area contributed by atoms with Gasteiger partial charge in [0.2, 0.25) is 0 Å². The molecule has 1 atom stereocenters. The van der Waals surface area contributed by atoms with Crippen LogP contribution in [0.3, 0.4) is 0 Å². The first-order valence-corrected chi connectivity index (χ1v) is 5.72. The number of methoxy groups -OCH3 is 2. The maximum Gasteiger partial charge on any atom is 0.0589 e. The van der Waals surface area contributed by atoms with E-state index in [-0.39, 0.29) is 0 Å². The zero-order valence-corrected chi connectivity index (χ0v) is 10.2. The highest BCUT2D eigenvalue weighted by Crippen LogP contribution is 2.08. The topological polar surface area (TPSA) is 24.9 Å². The number of hydrogen-bond donors (Lipinski definition) is 0. The molecule has 0 aromatic rings. The van der Waals surface area contributed by atoms with Crippen molar-refractivity contribution in [2.24, 2.45) is 0 Å². The number of nitrogens with zero attached hydrogens (tertiary/aromatic N) is 2. The van der Waals surface area contributed by atoms with Gasteiger partial charge in [-0.15, -0.1) is 0 Å². The Morgan fingerprint density at radius 1 is 1.07 bits per heavy atom. The van der Waals surface area contributed by atoms with Gasteiger partial charge in [-0.1, -0.05) is 0 Å². The van der Waals surface area contributed by atoms with Gasteiger partial charge in [0.1, 0.15) is 0 Å². The zero-order chi connectivity index (χ0) is 11.1. The van der Waals surface area contributed by atoms with Gasteiger partial charge >= 0.3 is 0 Å². The second-order valence-corrected chi connectivity index (χ2v) is 4.17. The second-order valence-electron chi connectivity index (χ2n) is 4.17. The van der Waals surface area contributed by atoms with Crippen LogP contribution in [0.25, 0.3) is 0 Å². The van der Waals surface area contributed by atoms with E-state index in [1.807, 2.05) is 0 Å². The van der Waals surface area contributed by atoms with Gasteiger partial charge in [0.25, 0.3) is 0 Å². The molecule has 0 bridgehead atoms. The predicted octanol–water partition coefficient (Wildman–Crippen LogP) is 0.285. The monoisotopic (exact) mass is 216 g/mol. The Morgan fingerprint density at radius 3 is 2.33 bits per heavy atom. The van der Waals surface area contributed by atoms with Gasteiger partial charge in [0.15, 0.2) is 0 Å². The Bertz CT molecular complexity index is 167. The summed E-state index contributed by atoms with van der Waals surface area (Å²) in [6.07, 6.45) is 0. The molecule has 0 aromatic carbocycles. The van der Waals surface area contributed by atoms with E-state index in [9.17, 15) is 0 Å². The Kier molecular flexibility index (Phi) is 6.17. The van der Waals surface area contributed by atoms with E-state index in [0.29, 0.717) is 6.04 Å². The Labute approximate surface area is 93.1 Å². The number of rotatable bonds is 6. The Balaban J connectivity index is 2.21. The molecule has 15 heavy (non-hydrogen) atoms. The molecule has 0 spiro atoms. The summed E-state index contributed by atoms with van der Waals surface area (Å²) in [4.78, 5) is 4.96. The van der Waals surface area contributed by atoms with E-state index in [4.69, 9.17) is 9.47 Å². The lowest BCUT2D eigenvalue weighted by Crippen LogP contribution is -2.53. The van der Waals surface area contributed by atoms with E-state index in [0.717, 1.165) is 45.9 Å². The van der Waals surface area contributed by atoms with Crippen molar-refractivity contribution in [3.8, 4) is 0 Å². The molecule has 1 aliphatic rings. The maximum absolute atomic E-state index is 5.11. The normalized spacial score (nSPS) is 24.6. The van der Waals surface area contributed by atoms with Crippen LogP contribution in [-0.4, -0.2) is 76.0 Å². The summed E-state index contributed by atoms with van der Waals surface area (Å²) in [5, 5.41) is 0. The summed E-state index contributed by atoms with van der Waals surface area (Å²) in [6, 6.07) is 0.630. The Hall–Kier alpha value is -0.160. The lowest BCUT2D eigenvalue weighted by molar-refractivity contribution is 0.0463. The van der Waals surface area contributed by atoms with Crippen molar-refractivity contribution in [3.05, 3.63) is 0 Å². The Morgan fingerprint density at radius 2 is 1.73 bits per heavy atom. The molecule has 1 aliphatic heterocycles. The van der Waals surface area contributed by atoms with Gasteiger partial charge in [-0.3, -0.25) is 9.80 Å². The van der Waals surface area contributed by atoms with Crippen molar-refractivity contribution >= 4 is 0 Å². The lowest BCUT2D eigenvalue weighted by atomic mass is 10.2. The first kappa shape index (κ1) is 12.9. The lowest BCUT2D eigenvalue weighted by Gasteiger charge is -2.39. The van der Waals surface area contributed by atoms with E-state index in [2.05, 4.69) is 16.7 Å². The highest BCUT2D eigenvalue weighted by Gasteiger charge is 2.22. The molecular formula is C11H24N2O2. The van der Waals surface area contributed by atoms with Crippen molar-refractivity contribution in [2.75, 3.05) is 60.2 Å². The van der Waals surface area contributed by atoms with Crippen LogP contribution in [0.2, 0.25) is 0 Å². The molecule has 1 rings (SSSR count). The van der Waals surface area contributed by atoms with Crippen LogP contribution in [0.15, 0.2) is 0 Å². The smallest absolute Gasteiger partial charge is 0.0589 e. The molecule has 1 heterocycles. The molecule has 4 nitrogen and oxygen atoms in total. The van der Waals surface area contributed by atoms with Gasteiger partial charge in [-0.2, -0.15) is 0 Å².